The second kappa shape index (κ2) is 8.89. The molecule has 1 aliphatic heterocycles. The molecule has 3 aromatic rings. The highest BCUT2D eigenvalue weighted by Gasteiger charge is 2.41. The molecular formula is C26H23ClN2O3. The van der Waals surface area contributed by atoms with E-state index in [0.29, 0.717) is 27.9 Å². The number of carbonyl (C=O) groups excluding carboxylic acids is 2. The molecule has 2 amide bonds. The number of halogens is 1. The Morgan fingerprint density at radius 3 is 2.12 bits per heavy atom. The van der Waals surface area contributed by atoms with Crippen LogP contribution < -0.4 is 15.0 Å². The van der Waals surface area contributed by atoms with Crippen molar-refractivity contribution in [1.82, 2.24) is 0 Å². The second-order valence-electron chi connectivity index (χ2n) is 7.78. The number of rotatable bonds is 6. The molecule has 4 rings (SSSR count). The number of carbonyl (C=O) groups is 2. The van der Waals surface area contributed by atoms with Crippen LogP contribution in [-0.2, 0) is 9.59 Å². The number of ether oxygens (including phenoxy) is 1. The molecule has 1 N–H and O–H groups in total. The third-order valence-electron chi connectivity index (χ3n) is 5.40. The summed E-state index contributed by atoms with van der Waals surface area (Å²) >= 11 is 6.32. The fourth-order valence-electron chi connectivity index (χ4n) is 3.62. The van der Waals surface area contributed by atoms with Gasteiger partial charge in [0.25, 0.3) is 11.8 Å². The molecule has 0 unspecified atom stereocenters. The third kappa shape index (κ3) is 3.99. The molecule has 3 aromatic carbocycles. The molecule has 0 spiro atoms. The lowest BCUT2D eigenvalue weighted by atomic mass is 10.0. The van der Waals surface area contributed by atoms with Gasteiger partial charge in [-0.15, -0.1) is 0 Å². The molecule has 0 atom stereocenters. The van der Waals surface area contributed by atoms with Crippen molar-refractivity contribution in [2.24, 2.45) is 0 Å². The van der Waals surface area contributed by atoms with E-state index >= 15 is 0 Å². The minimum atomic E-state index is -0.457. The quantitative estimate of drug-likeness (QED) is 0.481. The Kier molecular flexibility index (Phi) is 6.01. The first-order chi connectivity index (χ1) is 15.4. The Bertz CT molecular complexity index is 1200. The zero-order valence-corrected chi connectivity index (χ0v) is 18.8. The zero-order chi connectivity index (χ0) is 22.8. The van der Waals surface area contributed by atoms with E-state index < -0.39 is 11.8 Å². The van der Waals surface area contributed by atoms with E-state index in [1.165, 1.54) is 5.56 Å². The van der Waals surface area contributed by atoms with Crippen LogP contribution in [0.15, 0.2) is 78.5 Å². The van der Waals surface area contributed by atoms with E-state index in [9.17, 15) is 9.59 Å². The van der Waals surface area contributed by atoms with Gasteiger partial charge in [-0.1, -0.05) is 61.8 Å². The van der Waals surface area contributed by atoms with Gasteiger partial charge in [-0.3, -0.25) is 9.59 Å². The first-order valence-electron chi connectivity index (χ1n) is 10.3. The number of hydrogen-bond acceptors (Lipinski definition) is 4. The average molecular weight is 447 g/mol. The SMILES string of the molecule is COc1ccc(C2=C(Nc3ccc(C(C)C)cc3)C(=O)N(c3ccccc3Cl)C2=O)cc1. The van der Waals surface area contributed by atoms with Crippen LogP contribution in [0.25, 0.3) is 5.57 Å². The molecule has 5 nitrogen and oxygen atoms in total. The molecule has 0 aromatic heterocycles. The van der Waals surface area contributed by atoms with Crippen LogP contribution in [0.2, 0.25) is 5.02 Å². The van der Waals surface area contributed by atoms with Crippen LogP contribution in [0, 0.1) is 0 Å². The van der Waals surface area contributed by atoms with E-state index in [0.717, 1.165) is 10.6 Å². The zero-order valence-electron chi connectivity index (χ0n) is 18.1. The Labute approximate surface area is 192 Å². The Balaban J connectivity index is 1.79. The molecule has 162 valence electrons. The van der Waals surface area contributed by atoms with Crippen LogP contribution in [0.1, 0.15) is 30.9 Å². The lowest BCUT2D eigenvalue weighted by molar-refractivity contribution is -0.120. The van der Waals surface area contributed by atoms with Crippen molar-refractivity contribution in [2.75, 3.05) is 17.3 Å². The van der Waals surface area contributed by atoms with Crippen LogP contribution in [0.5, 0.6) is 5.75 Å². The summed E-state index contributed by atoms with van der Waals surface area (Å²) in [6.45, 7) is 4.24. The van der Waals surface area contributed by atoms with E-state index in [1.807, 2.05) is 24.3 Å². The summed E-state index contributed by atoms with van der Waals surface area (Å²) in [5.74, 6) is 0.160. The predicted molar refractivity (Wildman–Crippen MR) is 128 cm³/mol. The second-order valence-corrected chi connectivity index (χ2v) is 8.18. The first kappa shape index (κ1) is 21.7. The maximum absolute atomic E-state index is 13.5. The van der Waals surface area contributed by atoms with Gasteiger partial charge in [0.05, 0.1) is 23.4 Å². The van der Waals surface area contributed by atoms with Crippen molar-refractivity contribution in [1.29, 1.82) is 0 Å². The van der Waals surface area contributed by atoms with Crippen LogP contribution in [0.3, 0.4) is 0 Å². The Hall–Kier alpha value is -3.57. The van der Waals surface area contributed by atoms with Crippen molar-refractivity contribution < 1.29 is 14.3 Å². The number of imide groups is 1. The monoisotopic (exact) mass is 446 g/mol. The van der Waals surface area contributed by atoms with E-state index in [-0.39, 0.29) is 11.3 Å². The predicted octanol–water partition coefficient (Wildman–Crippen LogP) is 5.87. The van der Waals surface area contributed by atoms with Crippen molar-refractivity contribution in [2.45, 2.75) is 19.8 Å². The van der Waals surface area contributed by atoms with Gasteiger partial charge >= 0.3 is 0 Å². The molecular weight excluding hydrogens is 424 g/mol. The molecule has 0 bridgehead atoms. The number of amides is 2. The highest BCUT2D eigenvalue weighted by atomic mass is 35.5. The Morgan fingerprint density at radius 1 is 0.875 bits per heavy atom. The van der Waals surface area contributed by atoms with Gasteiger partial charge in [-0.05, 0) is 53.4 Å². The van der Waals surface area contributed by atoms with Crippen molar-refractivity contribution in [3.8, 4) is 5.75 Å². The molecule has 1 heterocycles. The van der Waals surface area contributed by atoms with Crippen LogP contribution in [-0.4, -0.2) is 18.9 Å². The minimum Gasteiger partial charge on any atom is -0.497 e. The lowest BCUT2D eigenvalue weighted by Crippen LogP contribution is -2.32. The standard InChI is InChI=1S/C26H23ClN2O3/c1-16(2)17-8-12-19(13-9-17)28-24-23(18-10-14-20(32-3)15-11-18)25(30)29(26(24)31)22-7-5-4-6-21(22)27/h4-16,28H,1-3H3. The molecule has 1 aliphatic rings. The number of para-hydroxylation sites is 1. The van der Waals surface area contributed by atoms with Gasteiger partial charge in [0.2, 0.25) is 0 Å². The summed E-state index contributed by atoms with van der Waals surface area (Å²) < 4.78 is 5.23. The summed E-state index contributed by atoms with van der Waals surface area (Å²) in [5, 5.41) is 3.50. The number of nitrogens with one attached hydrogen (secondary N) is 1. The van der Waals surface area contributed by atoms with Crippen molar-refractivity contribution >= 4 is 40.4 Å². The topological polar surface area (TPSA) is 58.6 Å². The maximum Gasteiger partial charge on any atom is 0.282 e. The molecule has 0 aliphatic carbocycles. The van der Waals surface area contributed by atoms with Gasteiger partial charge in [-0.25, -0.2) is 4.90 Å². The smallest absolute Gasteiger partial charge is 0.282 e. The third-order valence-corrected chi connectivity index (χ3v) is 5.72. The van der Waals surface area contributed by atoms with E-state index in [1.54, 1.807) is 55.6 Å². The van der Waals surface area contributed by atoms with Crippen molar-refractivity contribution in [3.63, 3.8) is 0 Å². The summed E-state index contributed by atoms with van der Waals surface area (Å²) in [5.41, 5.74) is 3.36. The van der Waals surface area contributed by atoms with E-state index in [2.05, 4.69) is 19.2 Å². The summed E-state index contributed by atoms with van der Waals surface area (Å²) in [6, 6.07) is 21.7. The number of methoxy groups -OCH3 is 1. The Morgan fingerprint density at radius 2 is 1.53 bits per heavy atom. The number of anilines is 2. The lowest BCUT2D eigenvalue weighted by Gasteiger charge is -2.17. The largest absolute Gasteiger partial charge is 0.497 e. The summed E-state index contributed by atoms with van der Waals surface area (Å²) in [4.78, 5) is 28.1. The average Bonchev–Trinajstić information content (AvgIpc) is 3.04. The van der Waals surface area contributed by atoms with Crippen LogP contribution in [0.4, 0.5) is 11.4 Å². The van der Waals surface area contributed by atoms with Crippen molar-refractivity contribution in [3.05, 3.63) is 94.6 Å². The number of benzene rings is 3. The minimum absolute atomic E-state index is 0.206. The molecule has 0 fully saturated rings. The molecule has 0 saturated carbocycles. The van der Waals surface area contributed by atoms with Gasteiger partial charge in [0.15, 0.2) is 0 Å². The highest BCUT2D eigenvalue weighted by molar-refractivity contribution is 6.48. The van der Waals surface area contributed by atoms with Gasteiger partial charge in [0, 0.05) is 5.69 Å². The fourth-order valence-corrected chi connectivity index (χ4v) is 3.84. The molecule has 32 heavy (non-hydrogen) atoms. The van der Waals surface area contributed by atoms with Crippen LogP contribution >= 0.6 is 11.6 Å². The normalized spacial score (nSPS) is 13.8. The van der Waals surface area contributed by atoms with Gasteiger partial charge in [-0.2, -0.15) is 0 Å². The first-order valence-corrected chi connectivity index (χ1v) is 10.7. The van der Waals surface area contributed by atoms with Gasteiger partial charge < -0.3 is 10.1 Å². The molecule has 0 saturated heterocycles. The van der Waals surface area contributed by atoms with Gasteiger partial charge in [0.1, 0.15) is 11.4 Å². The highest BCUT2D eigenvalue weighted by Crippen LogP contribution is 2.37. The fraction of sp³-hybridized carbons (Fsp3) is 0.154. The summed E-state index contributed by atoms with van der Waals surface area (Å²) in [6.07, 6.45) is 0. The van der Waals surface area contributed by atoms with E-state index in [4.69, 9.17) is 16.3 Å². The summed E-state index contributed by atoms with van der Waals surface area (Å²) in [7, 11) is 1.57. The number of hydrogen-bond donors (Lipinski definition) is 1. The number of nitrogens with zero attached hydrogens (tertiary/aromatic N) is 1. The molecule has 6 heteroatoms. The maximum atomic E-state index is 13.5. The molecule has 0 radical (unpaired) electrons.